The third-order valence-electron chi connectivity index (χ3n) is 4.28. The van der Waals surface area contributed by atoms with Gasteiger partial charge in [-0.1, -0.05) is 6.92 Å². The van der Waals surface area contributed by atoms with Gasteiger partial charge < -0.3 is 10.2 Å². The van der Waals surface area contributed by atoms with Gasteiger partial charge >= 0.3 is 0 Å². The van der Waals surface area contributed by atoms with Gasteiger partial charge in [-0.25, -0.2) is 4.98 Å². The molecule has 0 saturated carbocycles. The summed E-state index contributed by atoms with van der Waals surface area (Å²) in [6.45, 7) is 11.8. The van der Waals surface area contributed by atoms with Crippen LogP contribution in [0, 0.1) is 19.8 Å². The Morgan fingerprint density at radius 3 is 2.58 bits per heavy atom. The van der Waals surface area contributed by atoms with E-state index in [1.54, 1.807) is 0 Å². The summed E-state index contributed by atoms with van der Waals surface area (Å²) in [6.07, 6.45) is 4.39. The Kier molecular flexibility index (Phi) is 4.75. The molecular weight excluding hydrogens is 236 g/mol. The first-order valence-corrected chi connectivity index (χ1v) is 7.40. The minimum atomic E-state index is 0.623. The molecule has 1 saturated heterocycles. The molecule has 1 aromatic heterocycles. The normalized spacial score (nSPS) is 18.6. The number of hydrogen-bond donors (Lipinski definition) is 1. The van der Waals surface area contributed by atoms with Gasteiger partial charge in [-0.05, 0) is 46.1 Å². The van der Waals surface area contributed by atoms with E-state index in [2.05, 4.69) is 34.0 Å². The molecule has 0 spiro atoms. The topological polar surface area (TPSA) is 41.0 Å². The van der Waals surface area contributed by atoms with Gasteiger partial charge in [0.05, 0.1) is 17.6 Å². The molecule has 2 rings (SSSR count). The molecule has 1 aliphatic rings. The molecule has 1 N–H and O–H groups in total. The summed E-state index contributed by atoms with van der Waals surface area (Å²) in [5, 5.41) is 3.54. The number of nitrogens with zero attached hydrogens (tertiary/aromatic N) is 3. The van der Waals surface area contributed by atoms with Crippen molar-refractivity contribution >= 4 is 5.82 Å². The van der Waals surface area contributed by atoms with Crippen LogP contribution >= 0.6 is 0 Å². The van der Waals surface area contributed by atoms with Crippen LogP contribution in [0.2, 0.25) is 0 Å². The molecule has 106 valence electrons. The number of piperidine rings is 1. The smallest absolute Gasteiger partial charge is 0.147 e. The minimum absolute atomic E-state index is 0.623. The van der Waals surface area contributed by atoms with Gasteiger partial charge in [0.25, 0.3) is 0 Å². The van der Waals surface area contributed by atoms with Crippen LogP contribution in [0.25, 0.3) is 0 Å². The Morgan fingerprint density at radius 1 is 1.32 bits per heavy atom. The molecule has 4 nitrogen and oxygen atoms in total. The highest BCUT2D eigenvalue weighted by atomic mass is 15.2. The van der Waals surface area contributed by atoms with Crippen molar-refractivity contribution < 1.29 is 0 Å². The van der Waals surface area contributed by atoms with Gasteiger partial charge in [-0.2, -0.15) is 0 Å². The number of rotatable bonds is 4. The summed E-state index contributed by atoms with van der Waals surface area (Å²) in [5.74, 6) is 1.83. The number of anilines is 1. The van der Waals surface area contributed by atoms with Crippen LogP contribution in [0.1, 0.15) is 38.1 Å². The third kappa shape index (κ3) is 3.44. The van der Waals surface area contributed by atoms with Crippen LogP contribution in [0.15, 0.2) is 6.20 Å². The van der Waals surface area contributed by atoms with E-state index in [-0.39, 0.29) is 0 Å². The molecule has 1 aromatic rings. The monoisotopic (exact) mass is 262 g/mol. The summed E-state index contributed by atoms with van der Waals surface area (Å²) < 4.78 is 0. The van der Waals surface area contributed by atoms with Crippen molar-refractivity contribution in [2.24, 2.45) is 5.92 Å². The predicted octanol–water partition coefficient (Wildman–Crippen LogP) is 2.31. The number of aromatic nitrogens is 2. The highest BCUT2D eigenvalue weighted by molar-refractivity contribution is 5.38. The lowest BCUT2D eigenvalue weighted by molar-refractivity contribution is 0.314. The summed E-state index contributed by atoms with van der Waals surface area (Å²) in [5.41, 5.74) is 2.07. The van der Waals surface area contributed by atoms with E-state index in [4.69, 9.17) is 0 Å². The third-order valence-corrected chi connectivity index (χ3v) is 4.28. The second-order valence-corrected chi connectivity index (χ2v) is 5.57. The SMILES string of the molecule is CCNC(C)C1CCN(c2cnc(C)c(C)n2)CC1. The lowest BCUT2D eigenvalue weighted by Gasteiger charge is -2.35. The summed E-state index contributed by atoms with van der Waals surface area (Å²) in [6, 6.07) is 0.623. The van der Waals surface area contributed by atoms with Crippen LogP contribution in [0.3, 0.4) is 0 Å². The summed E-state index contributed by atoms with van der Waals surface area (Å²) >= 11 is 0. The van der Waals surface area contributed by atoms with Gasteiger partial charge in [-0.15, -0.1) is 0 Å². The lowest BCUT2D eigenvalue weighted by atomic mass is 9.90. The van der Waals surface area contributed by atoms with E-state index in [1.807, 2.05) is 20.0 Å². The molecule has 1 atom stereocenters. The number of aryl methyl sites for hydroxylation is 2. The molecule has 0 aromatic carbocycles. The first-order valence-electron chi connectivity index (χ1n) is 7.40. The van der Waals surface area contributed by atoms with Crippen molar-refractivity contribution in [1.29, 1.82) is 0 Å². The first kappa shape index (κ1) is 14.3. The Balaban J connectivity index is 1.94. The summed E-state index contributed by atoms with van der Waals surface area (Å²) in [4.78, 5) is 11.4. The molecule has 1 fully saturated rings. The van der Waals surface area contributed by atoms with E-state index in [0.29, 0.717) is 6.04 Å². The van der Waals surface area contributed by atoms with Crippen LogP contribution in [0.5, 0.6) is 0 Å². The molecule has 0 aliphatic carbocycles. The average Bonchev–Trinajstić information content (AvgIpc) is 2.42. The quantitative estimate of drug-likeness (QED) is 0.904. The molecule has 0 amide bonds. The van der Waals surface area contributed by atoms with Crippen molar-refractivity contribution in [3.63, 3.8) is 0 Å². The zero-order valence-corrected chi connectivity index (χ0v) is 12.6. The Labute approximate surface area is 116 Å². The fourth-order valence-corrected chi connectivity index (χ4v) is 2.80. The van der Waals surface area contributed by atoms with Crippen molar-refractivity contribution in [3.05, 3.63) is 17.6 Å². The zero-order valence-electron chi connectivity index (χ0n) is 12.6. The fraction of sp³-hybridized carbons (Fsp3) is 0.733. The lowest BCUT2D eigenvalue weighted by Crippen LogP contribution is -2.42. The van der Waals surface area contributed by atoms with Crippen molar-refractivity contribution in [2.45, 2.75) is 46.6 Å². The zero-order chi connectivity index (χ0) is 13.8. The van der Waals surface area contributed by atoms with Gasteiger partial charge in [0, 0.05) is 19.1 Å². The molecule has 1 unspecified atom stereocenters. The summed E-state index contributed by atoms with van der Waals surface area (Å²) in [7, 11) is 0. The van der Waals surface area contributed by atoms with E-state index in [0.717, 1.165) is 42.8 Å². The maximum Gasteiger partial charge on any atom is 0.147 e. The highest BCUT2D eigenvalue weighted by Gasteiger charge is 2.24. The molecule has 0 radical (unpaired) electrons. The van der Waals surface area contributed by atoms with Gasteiger partial charge in [0.2, 0.25) is 0 Å². The van der Waals surface area contributed by atoms with Crippen molar-refractivity contribution in [1.82, 2.24) is 15.3 Å². The molecule has 19 heavy (non-hydrogen) atoms. The standard InChI is InChI=1S/C15H26N4/c1-5-16-13(4)14-6-8-19(9-7-14)15-10-17-11(2)12(3)18-15/h10,13-14,16H,5-9H2,1-4H3. The van der Waals surface area contributed by atoms with Crippen LogP contribution in [-0.4, -0.2) is 35.6 Å². The van der Waals surface area contributed by atoms with Gasteiger partial charge in [-0.3, -0.25) is 4.98 Å². The molecule has 1 aliphatic heterocycles. The Morgan fingerprint density at radius 2 is 2.00 bits per heavy atom. The fourth-order valence-electron chi connectivity index (χ4n) is 2.80. The highest BCUT2D eigenvalue weighted by Crippen LogP contribution is 2.24. The Hall–Kier alpha value is -1.16. The van der Waals surface area contributed by atoms with Crippen LogP contribution < -0.4 is 10.2 Å². The van der Waals surface area contributed by atoms with Crippen molar-refractivity contribution in [2.75, 3.05) is 24.5 Å². The second kappa shape index (κ2) is 6.33. The van der Waals surface area contributed by atoms with Crippen molar-refractivity contribution in [3.8, 4) is 0 Å². The predicted molar refractivity (Wildman–Crippen MR) is 79.6 cm³/mol. The maximum atomic E-state index is 4.65. The minimum Gasteiger partial charge on any atom is -0.355 e. The van der Waals surface area contributed by atoms with Gasteiger partial charge in [0.15, 0.2) is 0 Å². The van der Waals surface area contributed by atoms with E-state index >= 15 is 0 Å². The van der Waals surface area contributed by atoms with Crippen LogP contribution in [0.4, 0.5) is 5.82 Å². The molecule has 2 heterocycles. The molecular formula is C15H26N4. The molecule has 4 heteroatoms. The molecule has 0 bridgehead atoms. The number of nitrogens with one attached hydrogen (secondary N) is 1. The largest absolute Gasteiger partial charge is 0.355 e. The average molecular weight is 262 g/mol. The maximum absolute atomic E-state index is 4.65. The second-order valence-electron chi connectivity index (χ2n) is 5.57. The number of hydrogen-bond acceptors (Lipinski definition) is 4. The van der Waals surface area contributed by atoms with E-state index in [1.165, 1.54) is 12.8 Å². The Bertz CT molecular complexity index is 411. The van der Waals surface area contributed by atoms with Crippen LogP contribution in [-0.2, 0) is 0 Å². The van der Waals surface area contributed by atoms with E-state index < -0.39 is 0 Å². The first-order chi connectivity index (χ1) is 9.11. The van der Waals surface area contributed by atoms with Gasteiger partial charge in [0.1, 0.15) is 5.82 Å². The van der Waals surface area contributed by atoms with E-state index in [9.17, 15) is 0 Å².